The Labute approximate surface area is 99.1 Å². The summed E-state index contributed by atoms with van der Waals surface area (Å²) in [6.45, 7) is 3.98. The molecule has 2 aliphatic rings. The molecule has 0 aliphatic carbocycles. The Hall–Kier alpha value is 1.43. The van der Waals surface area contributed by atoms with E-state index in [1.165, 1.54) is 38.0 Å². The van der Waals surface area contributed by atoms with E-state index >= 15 is 0 Å². The predicted octanol–water partition coefficient (Wildman–Crippen LogP) is 3.91. The summed E-state index contributed by atoms with van der Waals surface area (Å²) in [5.41, 5.74) is 1.85. The van der Waals surface area contributed by atoms with Crippen LogP contribution in [0.2, 0.25) is 0 Å². The molecule has 0 saturated carbocycles. The van der Waals surface area contributed by atoms with Crippen LogP contribution < -0.4 is 0 Å². The maximum atomic E-state index is 5.86. The normalized spacial score (nSPS) is 53.9. The van der Waals surface area contributed by atoms with E-state index in [-0.39, 0.29) is 0 Å². The highest BCUT2D eigenvalue weighted by molar-refractivity contribution is 8.53. The minimum absolute atomic E-state index is 0.877. The Balaban J connectivity index is 2.19. The standard InChI is InChI=1S/C10H21P2S2/c1-11(13)7-3-5-9(11)10-6-4-8-12(10,2)14/h9-10,13H,3-8H2,1-2H3/q+1/t9-,10+,11?,12+/m1/s1. The van der Waals surface area contributed by atoms with E-state index in [9.17, 15) is 0 Å². The molecule has 2 fully saturated rings. The van der Waals surface area contributed by atoms with E-state index in [1.807, 2.05) is 0 Å². The van der Waals surface area contributed by atoms with Crippen molar-refractivity contribution in [1.82, 2.24) is 0 Å². The van der Waals surface area contributed by atoms with Crippen LogP contribution in [0, 0.1) is 0 Å². The zero-order chi connectivity index (χ0) is 10.4. The molecule has 0 bridgehead atoms. The van der Waals surface area contributed by atoms with Gasteiger partial charge < -0.3 is 0 Å². The van der Waals surface area contributed by atoms with Crippen molar-refractivity contribution < 1.29 is 0 Å². The maximum absolute atomic E-state index is 5.86. The summed E-state index contributed by atoms with van der Waals surface area (Å²) >= 11 is 10.8. The van der Waals surface area contributed by atoms with E-state index in [0.29, 0.717) is 0 Å². The van der Waals surface area contributed by atoms with Crippen molar-refractivity contribution in [2.75, 3.05) is 25.7 Å². The lowest BCUT2D eigenvalue weighted by Gasteiger charge is -2.29. The number of hydrogen-bond acceptors (Lipinski definition) is 2. The van der Waals surface area contributed by atoms with Crippen molar-refractivity contribution in [2.24, 2.45) is 0 Å². The fraction of sp³-hybridized carbons (Fsp3) is 1.00. The van der Waals surface area contributed by atoms with Crippen molar-refractivity contribution in [3.63, 3.8) is 0 Å². The molecule has 0 aromatic carbocycles. The SMILES string of the molecule is C[P@]1(=S)CCC[C@H]1[C@H]1CCC[P+]1(C)S. The largest absolute Gasteiger partial charge is 0.0973 e. The highest BCUT2D eigenvalue weighted by Crippen LogP contribution is 2.75. The predicted molar refractivity (Wildman–Crippen MR) is 77.8 cm³/mol. The Morgan fingerprint density at radius 3 is 2.50 bits per heavy atom. The molecule has 4 heteroatoms. The quantitative estimate of drug-likeness (QED) is 0.555. The monoisotopic (exact) mass is 267 g/mol. The van der Waals surface area contributed by atoms with Crippen LogP contribution in [0.3, 0.4) is 0 Å². The van der Waals surface area contributed by atoms with Crippen LogP contribution in [-0.4, -0.2) is 37.0 Å². The Bertz CT molecular complexity index is 275. The van der Waals surface area contributed by atoms with E-state index in [0.717, 1.165) is 11.3 Å². The molecular weight excluding hydrogens is 246 g/mol. The molecule has 14 heavy (non-hydrogen) atoms. The van der Waals surface area contributed by atoms with E-state index in [1.54, 1.807) is 0 Å². The van der Waals surface area contributed by atoms with Crippen molar-refractivity contribution in [1.29, 1.82) is 0 Å². The van der Waals surface area contributed by atoms with E-state index in [2.05, 4.69) is 13.3 Å². The summed E-state index contributed by atoms with van der Waals surface area (Å²) in [6.07, 6.45) is 8.47. The topological polar surface area (TPSA) is 0 Å². The molecule has 2 saturated heterocycles. The first-order valence-electron chi connectivity index (χ1n) is 5.58. The van der Waals surface area contributed by atoms with Crippen LogP contribution in [0.5, 0.6) is 0 Å². The number of hydrogen-bond donors (Lipinski definition) is 1. The van der Waals surface area contributed by atoms with Gasteiger partial charge in [-0.1, -0.05) is 11.8 Å². The first kappa shape index (κ1) is 11.9. The molecule has 0 spiro atoms. The smallest absolute Gasteiger partial charge is 0.0871 e. The third-order valence-corrected chi connectivity index (χ3v) is 13.7. The molecule has 0 N–H and O–H groups in total. The maximum Gasteiger partial charge on any atom is 0.0871 e. The summed E-state index contributed by atoms with van der Waals surface area (Å²) in [7, 11) is 0. The zero-order valence-corrected chi connectivity index (χ0v) is 12.6. The lowest BCUT2D eigenvalue weighted by atomic mass is 10.1. The second kappa shape index (κ2) is 4.02. The van der Waals surface area contributed by atoms with E-state index in [4.69, 9.17) is 24.1 Å². The van der Waals surface area contributed by atoms with Gasteiger partial charge >= 0.3 is 0 Å². The van der Waals surface area contributed by atoms with E-state index < -0.39 is 12.5 Å². The zero-order valence-electron chi connectivity index (χ0n) is 9.15. The van der Waals surface area contributed by atoms with Gasteiger partial charge in [-0.3, -0.25) is 0 Å². The third-order valence-electron chi connectivity index (χ3n) is 4.07. The van der Waals surface area contributed by atoms with Gasteiger partial charge in [0.15, 0.2) is 0 Å². The van der Waals surface area contributed by atoms with Gasteiger partial charge in [0.25, 0.3) is 0 Å². The minimum Gasteiger partial charge on any atom is -0.0973 e. The highest BCUT2D eigenvalue weighted by atomic mass is 32.7. The second-order valence-electron chi connectivity index (χ2n) is 5.25. The molecule has 0 radical (unpaired) electrons. The van der Waals surface area contributed by atoms with Gasteiger partial charge in [-0.25, -0.2) is 0 Å². The fourth-order valence-corrected chi connectivity index (χ4v) is 13.5. The Morgan fingerprint density at radius 2 is 2.07 bits per heavy atom. The molecule has 0 nitrogen and oxygen atoms in total. The van der Waals surface area contributed by atoms with Crippen LogP contribution in [0.25, 0.3) is 0 Å². The van der Waals surface area contributed by atoms with Gasteiger partial charge in [0.1, 0.15) is 0 Å². The summed E-state index contributed by atoms with van der Waals surface area (Å²) in [4.78, 5) is 0. The molecule has 2 aliphatic heterocycles. The van der Waals surface area contributed by atoms with Crippen LogP contribution in [0.15, 0.2) is 0 Å². The lowest BCUT2D eigenvalue weighted by Crippen LogP contribution is -2.21. The van der Waals surface area contributed by atoms with Crippen LogP contribution >= 0.6 is 24.8 Å². The minimum atomic E-state index is -0.970. The fourth-order valence-electron chi connectivity index (χ4n) is 3.24. The van der Waals surface area contributed by atoms with Gasteiger partial charge in [-0.15, -0.1) is 0 Å². The van der Waals surface area contributed by atoms with Gasteiger partial charge in [0.2, 0.25) is 0 Å². The number of rotatable bonds is 1. The van der Waals surface area contributed by atoms with Crippen molar-refractivity contribution >= 4 is 36.6 Å². The molecule has 0 aromatic rings. The van der Waals surface area contributed by atoms with Gasteiger partial charge in [0, 0.05) is 17.9 Å². The Kier molecular flexibility index (Phi) is 3.42. The lowest BCUT2D eigenvalue weighted by molar-refractivity contribution is 0.695. The van der Waals surface area contributed by atoms with Crippen LogP contribution in [-0.2, 0) is 11.8 Å². The first-order valence-corrected chi connectivity index (χ1v) is 12.7. The molecule has 2 heterocycles. The highest BCUT2D eigenvalue weighted by Gasteiger charge is 2.51. The summed E-state index contributed by atoms with van der Waals surface area (Å²) < 4.78 is 0. The molecule has 0 amide bonds. The number of thiol groups is 1. The van der Waals surface area contributed by atoms with Gasteiger partial charge in [-0.05, 0) is 44.5 Å². The first-order chi connectivity index (χ1) is 6.43. The molecule has 1 unspecified atom stereocenters. The van der Waals surface area contributed by atoms with Crippen molar-refractivity contribution in [2.45, 2.75) is 37.0 Å². The third kappa shape index (κ3) is 2.10. The van der Waals surface area contributed by atoms with Gasteiger partial charge in [-0.2, -0.15) is 0 Å². The average molecular weight is 267 g/mol. The molecule has 2 rings (SSSR count). The summed E-state index contributed by atoms with van der Waals surface area (Å²) in [6, 6.07) is -0.970. The van der Waals surface area contributed by atoms with Crippen molar-refractivity contribution in [3.8, 4) is 0 Å². The van der Waals surface area contributed by atoms with Crippen LogP contribution in [0.4, 0.5) is 0 Å². The van der Waals surface area contributed by atoms with Crippen LogP contribution in [0.1, 0.15) is 25.7 Å². The molecular formula is C10H21P2S2+. The second-order valence-corrected chi connectivity index (χ2v) is 17.5. The van der Waals surface area contributed by atoms with Crippen molar-refractivity contribution in [3.05, 3.63) is 0 Å². The summed E-state index contributed by atoms with van der Waals surface area (Å²) in [5, 5.41) is 0. The summed E-state index contributed by atoms with van der Waals surface area (Å²) in [5.74, 6) is 0. The molecule has 0 aromatic heterocycles. The average Bonchev–Trinajstić information content (AvgIpc) is 2.53. The molecule has 4 atom stereocenters. The molecule has 82 valence electrons. The van der Waals surface area contributed by atoms with Gasteiger partial charge in [0.05, 0.1) is 25.0 Å². The Morgan fingerprint density at radius 1 is 1.36 bits per heavy atom.